The molecule has 5 nitrogen and oxygen atoms in total. The van der Waals surface area contributed by atoms with Gasteiger partial charge in [-0.05, 0) is 25.0 Å². The van der Waals surface area contributed by atoms with Crippen LogP contribution in [0.25, 0.3) is 10.8 Å². The van der Waals surface area contributed by atoms with Gasteiger partial charge in [0.15, 0.2) is 5.90 Å². The van der Waals surface area contributed by atoms with Crippen molar-refractivity contribution < 1.29 is 13.2 Å². The second-order valence-corrected chi connectivity index (χ2v) is 7.36. The summed E-state index contributed by atoms with van der Waals surface area (Å²) in [6.07, 6.45) is 2.43. The Hall–Kier alpha value is -2.08. The summed E-state index contributed by atoms with van der Waals surface area (Å²) in [7, 11) is 0.0886. The lowest BCUT2D eigenvalue weighted by atomic mass is 10.1. The first-order chi connectivity index (χ1) is 11.0. The summed E-state index contributed by atoms with van der Waals surface area (Å²) in [5.74, 6) is 0.317. The first-order valence-electron chi connectivity index (χ1n) is 7.65. The average molecular weight is 332 g/mol. The zero-order chi connectivity index (χ0) is 16.4. The molecule has 0 aliphatic carbocycles. The molecule has 2 aromatic carbocycles. The van der Waals surface area contributed by atoms with Crippen LogP contribution in [-0.2, 0) is 14.8 Å². The van der Waals surface area contributed by atoms with Gasteiger partial charge < -0.3 is 9.64 Å². The van der Waals surface area contributed by atoms with Crippen molar-refractivity contribution in [3.05, 3.63) is 36.4 Å². The molecule has 2 aromatic rings. The third-order valence-electron chi connectivity index (χ3n) is 3.89. The van der Waals surface area contributed by atoms with E-state index in [0.717, 1.165) is 23.9 Å². The summed E-state index contributed by atoms with van der Waals surface area (Å²) < 4.78 is 34.7. The van der Waals surface area contributed by atoms with Gasteiger partial charge in [-0.2, -0.15) is 8.42 Å². The Kier molecular flexibility index (Phi) is 4.26. The standard InChI is InChI=1S/C17H20N2O3S/c1-19(2)15-9-5-8-14-13(15)7-6-10-16(14)23(20,21)18-17-11-3-4-12-22-17/h5-10H,3-4,11-12H2,1-2H3. The summed E-state index contributed by atoms with van der Waals surface area (Å²) in [6, 6.07) is 10.9. The quantitative estimate of drug-likeness (QED) is 0.866. The minimum atomic E-state index is -3.78. The third-order valence-corrected chi connectivity index (χ3v) is 5.25. The maximum atomic E-state index is 12.7. The van der Waals surface area contributed by atoms with Gasteiger partial charge in [0, 0.05) is 37.0 Å². The molecule has 0 unspecified atom stereocenters. The van der Waals surface area contributed by atoms with E-state index in [9.17, 15) is 8.42 Å². The first-order valence-corrected chi connectivity index (χ1v) is 9.09. The molecule has 1 heterocycles. The van der Waals surface area contributed by atoms with Gasteiger partial charge in [0.1, 0.15) is 0 Å². The number of anilines is 1. The van der Waals surface area contributed by atoms with E-state index in [2.05, 4.69) is 4.40 Å². The SMILES string of the molecule is CN(C)c1cccc2c(S(=O)(=O)N=C3CCCCO3)cccc12. The second kappa shape index (κ2) is 6.20. The van der Waals surface area contributed by atoms with Crippen molar-refractivity contribution in [2.75, 3.05) is 25.6 Å². The van der Waals surface area contributed by atoms with Crippen molar-refractivity contribution in [1.29, 1.82) is 0 Å². The molecule has 1 saturated heterocycles. The maximum Gasteiger partial charge on any atom is 0.285 e. The van der Waals surface area contributed by atoms with Gasteiger partial charge in [-0.25, -0.2) is 0 Å². The van der Waals surface area contributed by atoms with Crippen LogP contribution < -0.4 is 4.90 Å². The number of hydrogen-bond acceptors (Lipinski definition) is 4. The zero-order valence-electron chi connectivity index (χ0n) is 13.3. The van der Waals surface area contributed by atoms with Gasteiger partial charge in [0.2, 0.25) is 0 Å². The molecule has 0 radical (unpaired) electrons. The molecule has 1 aliphatic rings. The van der Waals surface area contributed by atoms with Gasteiger partial charge >= 0.3 is 0 Å². The van der Waals surface area contributed by atoms with E-state index in [1.54, 1.807) is 12.1 Å². The predicted octanol–water partition coefficient (Wildman–Crippen LogP) is 3.19. The molecule has 23 heavy (non-hydrogen) atoms. The van der Waals surface area contributed by atoms with Crippen LogP contribution in [0.4, 0.5) is 5.69 Å². The maximum absolute atomic E-state index is 12.7. The van der Waals surface area contributed by atoms with E-state index in [1.165, 1.54) is 0 Å². The Bertz CT molecular complexity index is 849. The monoisotopic (exact) mass is 332 g/mol. The molecule has 0 spiro atoms. The third kappa shape index (κ3) is 3.17. The van der Waals surface area contributed by atoms with E-state index in [-0.39, 0.29) is 4.90 Å². The van der Waals surface area contributed by atoms with E-state index in [1.807, 2.05) is 43.3 Å². The van der Waals surface area contributed by atoms with Gasteiger partial charge in [-0.3, -0.25) is 0 Å². The minimum Gasteiger partial charge on any atom is -0.480 e. The van der Waals surface area contributed by atoms with E-state index in [0.29, 0.717) is 24.3 Å². The fourth-order valence-electron chi connectivity index (χ4n) is 2.78. The van der Waals surface area contributed by atoms with Gasteiger partial charge in [-0.15, -0.1) is 4.40 Å². The molecule has 1 fully saturated rings. The molecule has 0 N–H and O–H groups in total. The van der Waals surface area contributed by atoms with Gasteiger partial charge in [0.05, 0.1) is 11.5 Å². The molecule has 0 saturated carbocycles. The van der Waals surface area contributed by atoms with Crippen LogP contribution in [0.15, 0.2) is 45.7 Å². The Morgan fingerprint density at radius 3 is 2.48 bits per heavy atom. The molecular formula is C17H20N2O3S. The molecular weight excluding hydrogens is 312 g/mol. The van der Waals surface area contributed by atoms with Crippen molar-refractivity contribution in [2.24, 2.45) is 4.40 Å². The Labute approximate surface area is 136 Å². The molecule has 6 heteroatoms. The summed E-state index contributed by atoms with van der Waals surface area (Å²) in [4.78, 5) is 2.19. The number of benzene rings is 2. The van der Waals surface area contributed by atoms with Crippen LogP contribution in [0.2, 0.25) is 0 Å². The lowest BCUT2D eigenvalue weighted by molar-refractivity contribution is 0.261. The van der Waals surface area contributed by atoms with E-state index < -0.39 is 10.0 Å². The number of ether oxygens (including phenoxy) is 1. The highest BCUT2D eigenvalue weighted by Crippen LogP contribution is 2.31. The number of sulfonamides is 1. The van der Waals surface area contributed by atoms with Gasteiger partial charge in [0.25, 0.3) is 10.0 Å². The van der Waals surface area contributed by atoms with E-state index in [4.69, 9.17) is 4.74 Å². The molecule has 3 rings (SSSR count). The van der Waals surface area contributed by atoms with Crippen LogP contribution >= 0.6 is 0 Å². The normalized spacial score (nSPS) is 17.2. The number of hydrogen-bond donors (Lipinski definition) is 0. The molecule has 0 bridgehead atoms. The zero-order valence-corrected chi connectivity index (χ0v) is 14.1. The Morgan fingerprint density at radius 1 is 1.04 bits per heavy atom. The molecule has 122 valence electrons. The molecule has 0 amide bonds. The predicted molar refractivity (Wildman–Crippen MR) is 92.7 cm³/mol. The first kappa shape index (κ1) is 15.8. The summed E-state index contributed by atoms with van der Waals surface area (Å²) >= 11 is 0. The molecule has 1 aliphatic heterocycles. The van der Waals surface area contributed by atoms with Crippen molar-refractivity contribution in [1.82, 2.24) is 0 Å². The summed E-state index contributed by atoms with van der Waals surface area (Å²) in [5, 5.41) is 1.57. The second-order valence-electron chi connectivity index (χ2n) is 5.79. The largest absolute Gasteiger partial charge is 0.480 e. The fourth-order valence-corrected chi connectivity index (χ4v) is 3.99. The topological polar surface area (TPSA) is 59.0 Å². The highest BCUT2D eigenvalue weighted by atomic mass is 32.2. The molecule has 0 aromatic heterocycles. The van der Waals surface area contributed by atoms with Crippen LogP contribution in [0.5, 0.6) is 0 Å². The fraction of sp³-hybridized carbons (Fsp3) is 0.353. The number of rotatable bonds is 3. The highest BCUT2D eigenvalue weighted by molar-refractivity contribution is 7.90. The van der Waals surface area contributed by atoms with E-state index >= 15 is 0 Å². The van der Waals surface area contributed by atoms with Gasteiger partial charge in [-0.1, -0.05) is 24.3 Å². The number of nitrogens with zero attached hydrogens (tertiary/aromatic N) is 2. The average Bonchev–Trinajstić information content (AvgIpc) is 2.54. The van der Waals surface area contributed by atoms with Crippen LogP contribution in [0, 0.1) is 0 Å². The summed E-state index contributed by atoms with van der Waals surface area (Å²) in [6.45, 7) is 0.536. The Balaban J connectivity index is 2.14. The summed E-state index contributed by atoms with van der Waals surface area (Å²) in [5.41, 5.74) is 0.973. The number of fused-ring (bicyclic) bond motifs is 1. The van der Waals surface area contributed by atoms with Crippen molar-refractivity contribution in [2.45, 2.75) is 24.2 Å². The lowest BCUT2D eigenvalue weighted by Crippen LogP contribution is -2.15. The Morgan fingerprint density at radius 2 is 1.78 bits per heavy atom. The van der Waals surface area contributed by atoms with Crippen LogP contribution in [0.1, 0.15) is 19.3 Å². The lowest BCUT2D eigenvalue weighted by Gasteiger charge is -2.17. The molecule has 0 atom stereocenters. The smallest absolute Gasteiger partial charge is 0.285 e. The van der Waals surface area contributed by atoms with Crippen LogP contribution in [0.3, 0.4) is 0 Å². The van der Waals surface area contributed by atoms with Crippen molar-refractivity contribution in [3.63, 3.8) is 0 Å². The van der Waals surface area contributed by atoms with Crippen molar-refractivity contribution in [3.8, 4) is 0 Å². The highest BCUT2D eigenvalue weighted by Gasteiger charge is 2.20. The minimum absolute atomic E-state index is 0.223. The van der Waals surface area contributed by atoms with Crippen molar-refractivity contribution >= 4 is 32.4 Å². The van der Waals surface area contributed by atoms with Crippen LogP contribution in [-0.4, -0.2) is 35.0 Å².